The van der Waals surface area contributed by atoms with Crippen LogP contribution in [0.25, 0.3) is 0 Å². The van der Waals surface area contributed by atoms with Gasteiger partial charge in [0.25, 0.3) is 10.0 Å². The zero-order valence-electron chi connectivity index (χ0n) is 22.2. The maximum atomic E-state index is 14.0. The van der Waals surface area contributed by atoms with Crippen molar-refractivity contribution in [1.82, 2.24) is 10.2 Å². The van der Waals surface area contributed by atoms with E-state index in [9.17, 15) is 18.0 Å². The van der Waals surface area contributed by atoms with Crippen LogP contribution in [-0.2, 0) is 26.2 Å². The lowest BCUT2D eigenvalue weighted by Crippen LogP contribution is -2.52. The summed E-state index contributed by atoms with van der Waals surface area (Å²) < 4.78 is 28.7. The van der Waals surface area contributed by atoms with Crippen molar-refractivity contribution < 1.29 is 18.0 Å². The average Bonchev–Trinajstić information content (AvgIpc) is 3.43. The number of carbonyl (C=O) groups excluding carboxylic acids is 2. The van der Waals surface area contributed by atoms with E-state index in [0.717, 1.165) is 41.1 Å². The Morgan fingerprint density at radius 1 is 0.974 bits per heavy atom. The van der Waals surface area contributed by atoms with Gasteiger partial charge in [-0.2, -0.15) is 0 Å². The lowest BCUT2D eigenvalue weighted by atomic mass is 10.1. The van der Waals surface area contributed by atoms with Gasteiger partial charge in [-0.1, -0.05) is 66.9 Å². The van der Waals surface area contributed by atoms with Crippen LogP contribution in [-0.4, -0.2) is 43.8 Å². The molecule has 39 heavy (non-hydrogen) atoms. The average molecular weight is 568 g/mol. The van der Waals surface area contributed by atoms with Crippen molar-refractivity contribution in [2.75, 3.05) is 10.8 Å². The Balaban J connectivity index is 1.68. The van der Waals surface area contributed by atoms with Gasteiger partial charge in [-0.25, -0.2) is 8.42 Å². The third kappa shape index (κ3) is 7.19. The van der Waals surface area contributed by atoms with Gasteiger partial charge in [0, 0.05) is 17.6 Å². The van der Waals surface area contributed by atoms with Gasteiger partial charge in [0.1, 0.15) is 12.6 Å². The molecule has 0 radical (unpaired) electrons. The van der Waals surface area contributed by atoms with Gasteiger partial charge < -0.3 is 10.2 Å². The molecular formula is C30H34ClN3O4S. The summed E-state index contributed by atoms with van der Waals surface area (Å²) in [6.45, 7) is 3.17. The molecule has 0 saturated heterocycles. The highest BCUT2D eigenvalue weighted by Gasteiger charge is 2.33. The van der Waals surface area contributed by atoms with E-state index in [0.29, 0.717) is 10.7 Å². The Hall–Kier alpha value is -3.36. The summed E-state index contributed by atoms with van der Waals surface area (Å²) in [5, 5.41) is 3.58. The van der Waals surface area contributed by atoms with E-state index in [2.05, 4.69) is 5.32 Å². The van der Waals surface area contributed by atoms with E-state index >= 15 is 0 Å². The molecule has 0 spiro atoms. The van der Waals surface area contributed by atoms with Gasteiger partial charge in [-0.05, 0) is 74.2 Å². The third-order valence-corrected chi connectivity index (χ3v) is 9.03. The molecule has 7 nitrogen and oxygen atoms in total. The molecule has 4 rings (SSSR count). The predicted molar refractivity (Wildman–Crippen MR) is 154 cm³/mol. The molecule has 0 aliphatic heterocycles. The number of sulfonamides is 1. The molecule has 1 atom stereocenters. The van der Waals surface area contributed by atoms with Crippen molar-refractivity contribution in [3.63, 3.8) is 0 Å². The fourth-order valence-corrected chi connectivity index (χ4v) is 6.48. The van der Waals surface area contributed by atoms with Crippen LogP contribution in [0, 0.1) is 6.92 Å². The van der Waals surface area contributed by atoms with Crippen LogP contribution in [0.15, 0.2) is 83.8 Å². The number of nitrogens with zero attached hydrogens (tertiary/aromatic N) is 2. The summed E-state index contributed by atoms with van der Waals surface area (Å²) in [6.07, 6.45) is 3.95. The van der Waals surface area contributed by atoms with Crippen molar-refractivity contribution >= 4 is 39.1 Å². The molecule has 206 valence electrons. The highest BCUT2D eigenvalue weighted by Crippen LogP contribution is 2.26. The number of halogens is 1. The van der Waals surface area contributed by atoms with Gasteiger partial charge in [-0.3, -0.25) is 13.9 Å². The second-order valence-corrected chi connectivity index (χ2v) is 12.3. The molecule has 3 aromatic carbocycles. The molecular weight excluding hydrogens is 534 g/mol. The quantitative estimate of drug-likeness (QED) is 0.359. The van der Waals surface area contributed by atoms with Crippen LogP contribution in [0.2, 0.25) is 5.02 Å². The Morgan fingerprint density at radius 3 is 2.33 bits per heavy atom. The van der Waals surface area contributed by atoms with E-state index in [-0.39, 0.29) is 23.4 Å². The van der Waals surface area contributed by atoms with Crippen LogP contribution >= 0.6 is 11.6 Å². The van der Waals surface area contributed by atoms with E-state index in [1.54, 1.807) is 61.5 Å². The normalized spacial score (nSPS) is 14.5. The van der Waals surface area contributed by atoms with E-state index in [1.807, 2.05) is 19.1 Å². The predicted octanol–water partition coefficient (Wildman–Crippen LogP) is 5.32. The Labute approximate surface area is 235 Å². The number of aryl methyl sites for hydroxylation is 1. The molecule has 1 aliphatic rings. The Morgan fingerprint density at radius 2 is 1.67 bits per heavy atom. The minimum Gasteiger partial charge on any atom is -0.352 e. The van der Waals surface area contributed by atoms with Gasteiger partial charge in [-0.15, -0.1) is 0 Å². The third-order valence-electron chi connectivity index (χ3n) is 7.01. The minimum atomic E-state index is -4.08. The van der Waals surface area contributed by atoms with Crippen molar-refractivity contribution in [3.05, 3.63) is 95.0 Å². The Kier molecular flexibility index (Phi) is 9.30. The molecule has 1 fully saturated rings. The number of hydrogen-bond acceptors (Lipinski definition) is 4. The minimum absolute atomic E-state index is 0.0766. The summed E-state index contributed by atoms with van der Waals surface area (Å²) in [4.78, 5) is 28.7. The number of rotatable bonds is 10. The van der Waals surface area contributed by atoms with Crippen LogP contribution in [0.3, 0.4) is 0 Å². The van der Waals surface area contributed by atoms with Gasteiger partial charge >= 0.3 is 0 Å². The first-order chi connectivity index (χ1) is 18.6. The smallest absolute Gasteiger partial charge is 0.264 e. The molecule has 2 amide bonds. The van der Waals surface area contributed by atoms with Crippen molar-refractivity contribution in [1.29, 1.82) is 0 Å². The molecule has 0 heterocycles. The maximum absolute atomic E-state index is 14.0. The first-order valence-corrected chi connectivity index (χ1v) is 15.0. The monoisotopic (exact) mass is 567 g/mol. The van der Waals surface area contributed by atoms with E-state index in [1.165, 1.54) is 17.0 Å². The van der Waals surface area contributed by atoms with Crippen LogP contribution in [0.4, 0.5) is 5.69 Å². The molecule has 1 unspecified atom stereocenters. The van der Waals surface area contributed by atoms with Gasteiger partial charge in [0.2, 0.25) is 11.8 Å². The van der Waals surface area contributed by atoms with Crippen LogP contribution in [0.1, 0.15) is 43.7 Å². The Bertz CT molecular complexity index is 1410. The molecule has 0 aromatic heterocycles. The van der Waals surface area contributed by atoms with Gasteiger partial charge in [0.15, 0.2) is 0 Å². The largest absolute Gasteiger partial charge is 0.352 e. The van der Waals surface area contributed by atoms with Crippen LogP contribution < -0.4 is 9.62 Å². The molecule has 0 bridgehead atoms. The number of amides is 2. The van der Waals surface area contributed by atoms with Crippen molar-refractivity contribution in [2.45, 2.75) is 63.1 Å². The highest BCUT2D eigenvalue weighted by molar-refractivity contribution is 7.92. The second-order valence-electron chi connectivity index (χ2n) is 9.98. The summed E-state index contributed by atoms with van der Waals surface area (Å²) >= 11 is 6.20. The van der Waals surface area contributed by atoms with Crippen LogP contribution in [0.5, 0.6) is 0 Å². The summed E-state index contributed by atoms with van der Waals surface area (Å²) in [5.74, 6) is -0.754. The zero-order chi connectivity index (χ0) is 28.0. The first-order valence-electron chi connectivity index (χ1n) is 13.1. The molecule has 9 heteroatoms. The molecule has 1 N–H and O–H groups in total. The standard InChI is InChI=1S/C30H34ClN3O4S/c1-22-10-8-15-27(18-22)34(39(37,38)28-16-4-3-5-17-28)21-29(35)33(20-24-11-9-12-25(31)19-24)23(2)30(36)32-26-13-6-7-14-26/h3-5,8-12,15-19,23,26H,6-7,13-14,20-21H2,1-2H3,(H,32,36). The fraction of sp³-hybridized carbons (Fsp3) is 0.333. The number of carbonyl (C=O) groups is 2. The maximum Gasteiger partial charge on any atom is 0.264 e. The lowest BCUT2D eigenvalue weighted by molar-refractivity contribution is -0.139. The fourth-order valence-electron chi connectivity index (χ4n) is 4.84. The second kappa shape index (κ2) is 12.7. The van der Waals surface area contributed by atoms with Gasteiger partial charge in [0.05, 0.1) is 10.6 Å². The van der Waals surface area contributed by atoms with E-state index in [4.69, 9.17) is 11.6 Å². The number of hydrogen-bond donors (Lipinski definition) is 1. The zero-order valence-corrected chi connectivity index (χ0v) is 23.8. The number of benzene rings is 3. The molecule has 3 aromatic rings. The summed E-state index contributed by atoms with van der Waals surface area (Å²) in [5.41, 5.74) is 1.97. The summed E-state index contributed by atoms with van der Waals surface area (Å²) in [6, 6.07) is 21.4. The van der Waals surface area contributed by atoms with Crippen molar-refractivity contribution in [3.8, 4) is 0 Å². The first kappa shape index (κ1) is 28.6. The molecule has 1 aliphatic carbocycles. The number of nitrogens with one attached hydrogen (secondary N) is 1. The summed E-state index contributed by atoms with van der Waals surface area (Å²) in [7, 11) is -4.08. The SMILES string of the molecule is Cc1cccc(N(CC(=O)N(Cc2cccc(Cl)c2)C(C)C(=O)NC2CCCC2)S(=O)(=O)c2ccccc2)c1. The highest BCUT2D eigenvalue weighted by atomic mass is 35.5. The lowest BCUT2D eigenvalue weighted by Gasteiger charge is -2.32. The number of anilines is 1. The van der Waals surface area contributed by atoms with Crippen molar-refractivity contribution in [2.24, 2.45) is 0 Å². The van der Waals surface area contributed by atoms with E-state index < -0.39 is 28.5 Å². The molecule has 1 saturated carbocycles. The topological polar surface area (TPSA) is 86.8 Å².